The molecule has 0 aromatic carbocycles. The topological polar surface area (TPSA) is 29.9 Å². The molecular formula is C10H16N2OS2. The second kappa shape index (κ2) is 4.90. The molecular weight excluding hydrogens is 228 g/mol. The summed E-state index contributed by atoms with van der Waals surface area (Å²) in [4.78, 5) is 0. The van der Waals surface area contributed by atoms with E-state index in [-0.39, 0.29) is 0 Å². The molecule has 0 unspecified atom stereocenters. The van der Waals surface area contributed by atoms with Gasteiger partial charge in [0, 0.05) is 39.7 Å². The first-order chi connectivity index (χ1) is 7.31. The van der Waals surface area contributed by atoms with Crippen molar-refractivity contribution in [2.24, 2.45) is 0 Å². The van der Waals surface area contributed by atoms with Gasteiger partial charge in [0.25, 0.3) is 0 Å². The first-order valence-electron chi connectivity index (χ1n) is 5.21. The lowest BCUT2D eigenvalue weighted by molar-refractivity contribution is 0.224. The van der Waals surface area contributed by atoms with Crippen LogP contribution in [0.15, 0.2) is 12.3 Å². The molecule has 0 radical (unpaired) electrons. The van der Waals surface area contributed by atoms with Crippen molar-refractivity contribution in [3.63, 3.8) is 0 Å². The molecule has 1 aromatic heterocycles. The summed E-state index contributed by atoms with van der Waals surface area (Å²) in [5.74, 6) is 0.854. The van der Waals surface area contributed by atoms with E-state index in [2.05, 4.69) is 14.9 Å². The van der Waals surface area contributed by atoms with Crippen LogP contribution in [0, 0.1) is 0 Å². The van der Waals surface area contributed by atoms with Gasteiger partial charge < -0.3 is 9.11 Å². The van der Waals surface area contributed by atoms with E-state index in [4.69, 9.17) is 4.74 Å². The summed E-state index contributed by atoms with van der Waals surface area (Å²) >= 11 is 0. The lowest BCUT2D eigenvalue weighted by Crippen LogP contribution is -2.03. The fourth-order valence-corrected chi connectivity index (χ4v) is 3.89. The third kappa shape index (κ3) is 2.46. The largest absolute Gasteiger partial charge is 0.498 e. The van der Waals surface area contributed by atoms with Gasteiger partial charge in [-0.2, -0.15) is 0 Å². The van der Waals surface area contributed by atoms with E-state index < -0.39 is 0 Å². The fourth-order valence-electron chi connectivity index (χ4n) is 1.80. The first kappa shape index (κ1) is 10.8. The number of fused-ring (bicyclic) bond motifs is 1. The van der Waals surface area contributed by atoms with Crippen molar-refractivity contribution in [2.45, 2.75) is 32.7 Å². The number of allylic oxidation sites excluding steroid dienone is 1. The van der Waals surface area contributed by atoms with Gasteiger partial charge >= 0.3 is 0 Å². The zero-order chi connectivity index (χ0) is 10.7. The fraction of sp³-hybridized carbons (Fsp3) is 0.600. The molecule has 1 aliphatic rings. The van der Waals surface area contributed by atoms with Crippen LogP contribution >= 0.6 is 21.1 Å². The summed E-state index contributed by atoms with van der Waals surface area (Å²) in [6, 6.07) is 0. The van der Waals surface area contributed by atoms with Crippen LogP contribution in [0.3, 0.4) is 0 Å². The molecule has 0 atom stereocenters. The highest BCUT2D eigenvalue weighted by Gasteiger charge is 2.15. The SMILES string of the molecule is C=C(Cc1[nH]ssn2c1CCC2)OCC. The zero-order valence-electron chi connectivity index (χ0n) is 8.91. The normalized spacial score (nSPS) is 13.7. The lowest BCUT2D eigenvalue weighted by Gasteiger charge is -2.10. The van der Waals surface area contributed by atoms with E-state index in [1.54, 1.807) is 21.1 Å². The number of hydrogen-bond acceptors (Lipinski definition) is 3. The van der Waals surface area contributed by atoms with Gasteiger partial charge in [-0.05, 0) is 19.8 Å². The minimum Gasteiger partial charge on any atom is -0.498 e. The Balaban J connectivity index is 2.15. The van der Waals surface area contributed by atoms with Crippen molar-refractivity contribution < 1.29 is 4.74 Å². The molecule has 15 heavy (non-hydrogen) atoms. The van der Waals surface area contributed by atoms with Gasteiger partial charge in [-0.3, -0.25) is 3.96 Å². The number of rotatable bonds is 4. The molecule has 1 aliphatic heterocycles. The lowest BCUT2D eigenvalue weighted by atomic mass is 10.2. The van der Waals surface area contributed by atoms with Crippen molar-refractivity contribution >= 4 is 21.1 Å². The molecule has 0 amide bonds. The maximum atomic E-state index is 5.39. The Morgan fingerprint density at radius 2 is 2.53 bits per heavy atom. The molecule has 0 saturated carbocycles. The maximum absolute atomic E-state index is 5.39. The Labute approximate surface area is 97.4 Å². The van der Waals surface area contributed by atoms with E-state index in [1.165, 1.54) is 30.8 Å². The van der Waals surface area contributed by atoms with Crippen LogP contribution in [-0.4, -0.2) is 14.9 Å². The van der Waals surface area contributed by atoms with E-state index >= 15 is 0 Å². The van der Waals surface area contributed by atoms with Crippen LogP contribution in [0.5, 0.6) is 0 Å². The molecule has 1 N–H and O–H groups in total. The summed E-state index contributed by atoms with van der Waals surface area (Å²) in [6.07, 6.45) is 3.25. The van der Waals surface area contributed by atoms with Gasteiger partial charge in [0.05, 0.1) is 18.1 Å². The van der Waals surface area contributed by atoms with Crippen LogP contribution in [0.4, 0.5) is 0 Å². The molecule has 2 rings (SSSR count). The van der Waals surface area contributed by atoms with Crippen molar-refractivity contribution in [1.29, 1.82) is 0 Å². The van der Waals surface area contributed by atoms with Crippen LogP contribution in [0.1, 0.15) is 24.7 Å². The predicted molar refractivity (Wildman–Crippen MR) is 65.0 cm³/mol. The van der Waals surface area contributed by atoms with E-state index in [9.17, 15) is 0 Å². The van der Waals surface area contributed by atoms with Crippen LogP contribution in [-0.2, 0) is 24.1 Å². The van der Waals surface area contributed by atoms with E-state index in [1.807, 2.05) is 6.92 Å². The van der Waals surface area contributed by atoms with Gasteiger partial charge in [0.2, 0.25) is 0 Å². The van der Waals surface area contributed by atoms with Gasteiger partial charge in [-0.25, -0.2) is 0 Å². The number of aromatic amines is 1. The highest BCUT2D eigenvalue weighted by molar-refractivity contribution is 7.64. The number of ether oxygens (including phenoxy) is 1. The van der Waals surface area contributed by atoms with Crippen LogP contribution in [0.25, 0.3) is 0 Å². The summed E-state index contributed by atoms with van der Waals surface area (Å²) in [5, 5.41) is 0. The Bertz CT molecular complexity index is 382. The maximum Gasteiger partial charge on any atom is 0.0947 e. The number of H-pyrrole nitrogens is 1. The third-order valence-electron chi connectivity index (χ3n) is 2.44. The Morgan fingerprint density at radius 1 is 1.67 bits per heavy atom. The molecule has 0 fully saturated rings. The molecule has 0 aliphatic carbocycles. The first-order valence-corrected chi connectivity index (χ1v) is 7.31. The van der Waals surface area contributed by atoms with Crippen molar-refractivity contribution in [3.8, 4) is 0 Å². The Kier molecular flexibility index (Phi) is 3.53. The van der Waals surface area contributed by atoms with Gasteiger partial charge in [-0.15, -0.1) is 0 Å². The highest BCUT2D eigenvalue weighted by atomic mass is 32.9. The van der Waals surface area contributed by atoms with Crippen molar-refractivity contribution in [1.82, 2.24) is 8.33 Å². The predicted octanol–water partition coefficient (Wildman–Crippen LogP) is 3.10. The summed E-state index contributed by atoms with van der Waals surface area (Å²) in [5.41, 5.74) is 2.70. The van der Waals surface area contributed by atoms with Crippen LogP contribution in [0.2, 0.25) is 0 Å². The van der Waals surface area contributed by atoms with Crippen LogP contribution < -0.4 is 0 Å². The number of nitrogens with one attached hydrogen (secondary N) is 1. The molecule has 84 valence electrons. The molecule has 0 saturated heterocycles. The molecule has 0 spiro atoms. The smallest absolute Gasteiger partial charge is 0.0947 e. The third-order valence-corrected chi connectivity index (χ3v) is 4.44. The van der Waals surface area contributed by atoms with Gasteiger partial charge in [-0.1, -0.05) is 6.58 Å². The molecule has 0 bridgehead atoms. The molecule has 3 nitrogen and oxygen atoms in total. The quantitative estimate of drug-likeness (QED) is 0.640. The number of nitrogens with zero attached hydrogens (tertiary/aromatic N) is 1. The highest BCUT2D eigenvalue weighted by Crippen LogP contribution is 2.23. The summed E-state index contributed by atoms with van der Waals surface area (Å²) < 4.78 is 11.1. The Morgan fingerprint density at radius 3 is 3.33 bits per heavy atom. The zero-order valence-corrected chi connectivity index (χ0v) is 10.5. The second-order valence-electron chi connectivity index (χ2n) is 3.54. The van der Waals surface area contributed by atoms with E-state index in [0.717, 1.165) is 12.2 Å². The minimum absolute atomic E-state index is 0.701. The van der Waals surface area contributed by atoms with Crippen molar-refractivity contribution in [2.75, 3.05) is 6.61 Å². The number of aromatic nitrogens is 2. The molecule has 2 heterocycles. The molecule has 5 heteroatoms. The standard InChI is InChI=1S/C10H16N2OS2/c1-3-13-8(2)7-9-10-5-4-6-12(10)15-14-11-9/h11H,2-7H2,1H3. The number of aryl methyl sites for hydroxylation is 1. The van der Waals surface area contributed by atoms with Gasteiger partial charge in [0.15, 0.2) is 0 Å². The minimum atomic E-state index is 0.701. The average Bonchev–Trinajstić information content (AvgIpc) is 2.67. The molecule has 1 aromatic rings. The Hall–Kier alpha value is -0.680. The van der Waals surface area contributed by atoms with E-state index in [0.29, 0.717) is 6.61 Å². The second-order valence-corrected chi connectivity index (χ2v) is 5.45. The van der Waals surface area contributed by atoms with Crippen molar-refractivity contribution in [3.05, 3.63) is 23.7 Å². The average molecular weight is 244 g/mol. The summed E-state index contributed by atoms with van der Waals surface area (Å²) in [6.45, 7) is 7.78. The number of hydrogen-bond donors (Lipinski definition) is 1. The van der Waals surface area contributed by atoms with Gasteiger partial charge in [0.1, 0.15) is 0 Å². The summed E-state index contributed by atoms with van der Waals surface area (Å²) in [7, 11) is 3.47. The monoisotopic (exact) mass is 244 g/mol.